The third kappa shape index (κ3) is 8.08. The fourth-order valence-corrected chi connectivity index (χ4v) is 1.79. The minimum atomic E-state index is -1.18. The third-order valence-electron chi connectivity index (χ3n) is 2.89. The van der Waals surface area contributed by atoms with Gasteiger partial charge < -0.3 is 26.8 Å². The largest absolute Gasteiger partial charge is 0.480 e. The molecule has 4 amide bonds. The number of amides is 4. The molecule has 0 saturated heterocycles. The molecule has 0 bridgehead atoms. The zero-order valence-corrected chi connectivity index (χ0v) is 13.0. The monoisotopic (exact) mass is 316 g/mol. The molecule has 0 saturated carbocycles. The van der Waals surface area contributed by atoms with Crippen LogP contribution in [0.1, 0.15) is 33.6 Å². The Morgan fingerprint density at radius 3 is 2.14 bits per heavy atom. The van der Waals surface area contributed by atoms with Crippen molar-refractivity contribution in [1.82, 2.24) is 16.0 Å². The predicted octanol–water partition coefficient (Wildman–Crippen LogP) is -0.835. The summed E-state index contributed by atoms with van der Waals surface area (Å²) >= 11 is 0. The quantitative estimate of drug-likeness (QED) is 0.352. The molecule has 2 unspecified atom stereocenters. The number of nitrogens with two attached hydrogens (primary N) is 1. The van der Waals surface area contributed by atoms with Crippen LogP contribution >= 0.6 is 0 Å². The molecule has 126 valence electrons. The maximum absolute atomic E-state index is 12.1. The van der Waals surface area contributed by atoms with Gasteiger partial charge in [-0.3, -0.25) is 9.59 Å². The van der Waals surface area contributed by atoms with Crippen LogP contribution in [0.5, 0.6) is 0 Å². The summed E-state index contributed by atoms with van der Waals surface area (Å²) < 4.78 is 0. The molecule has 0 aromatic heterocycles. The zero-order valence-electron chi connectivity index (χ0n) is 13.0. The second-order valence-electron chi connectivity index (χ2n) is 5.25. The Balaban J connectivity index is 4.58. The molecule has 0 rings (SSSR count). The van der Waals surface area contributed by atoms with Crippen molar-refractivity contribution < 1.29 is 24.3 Å². The molecule has 0 aliphatic rings. The topological polar surface area (TPSA) is 151 Å². The summed E-state index contributed by atoms with van der Waals surface area (Å²) in [5, 5.41) is 16.3. The highest BCUT2D eigenvalue weighted by Crippen LogP contribution is 2.04. The van der Waals surface area contributed by atoms with Gasteiger partial charge in [0.2, 0.25) is 11.8 Å². The van der Waals surface area contributed by atoms with Crippen LogP contribution < -0.4 is 21.7 Å². The highest BCUT2D eigenvalue weighted by molar-refractivity contribution is 5.90. The van der Waals surface area contributed by atoms with E-state index in [2.05, 4.69) is 16.0 Å². The summed E-state index contributed by atoms with van der Waals surface area (Å²) in [6.07, 6.45) is 0.471. The molecule has 0 radical (unpaired) electrons. The summed E-state index contributed by atoms with van der Waals surface area (Å²) in [5.74, 6) is -2.29. The Bertz CT molecular complexity index is 425. The molecule has 2 atom stereocenters. The van der Waals surface area contributed by atoms with Crippen molar-refractivity contribution in [3.8, 4) is 0 Å². The lowest BCUT2D eigenvalue weighted by Gasteiger charge is -2.23. The number of aliphatic carboxylic acids is 1. The number of hydrogen-bond donors (Lipinski definition) is 5. The van der Waals surface area contributed by atoms with E-state index < -0.39 is 30.0 Å². The lowest BCUT2D eigenvalue weighted by molar-refractivity contribution is -0.142. The summed E-state index contributed by atoms with van der Waals surface area (Å²) in [5.41, 5.74) is 4.89. The van der Waals surface area contributed by atoms with Gasteiger partial charge in [0.1, 0.15) is 12.1 Å². The Kier molecular flexibility index (Phi) is 8.58. The van der Waals surface area contributed by atoms with E-state index in [4.69, 9.17) is 10.8 Å². The van der Waals surface area contributed by atoms with E-state index in [0.717, 1.165) is 0 Å². The van der Waals surface area contributed by atoms with Crippen molar-refractivity contribution in [2.75, 3.05) is 6.54 Å². The molecular formula is C13H24N4O5. The molecule has 0 fully saturated rings. The molecule has 6 N–H and O–H groups in total. The van der Waals surface area contributed by atoms with Gasteiger partial charge in [-0.2, -0.15) is 0 Å². The van der Waals surface area contributed by atoms with Crippen LogP contribution in [0, 0.1) is 5.92 Å². The van der Waals surface area contributed by atoms with Crippen molar-refractivity contribution in [3.05, 3.63) is 0 Å². The molecular weight excluding hydrogens is 292 g/mol. The lowest BCUT2D eigenvalue weighted by atomic mass is 10.0. The molecule has 0 aromatic rings. The first-order valence-electron chi connectivity index (χ1n) is 6.98. The summed E-state index contributed by atoms with van der Waals surface area (Å²) in [6, 6.07) is -2.60. The molecule has 22 heavy (non-hydrogen) atoms. The maximum Gasteiger partial charge on any atom is 0.326 e. The number of carbonyl (C=O) groups excluding carboxylic acids is 3. The van der Waals surface area contributed by atoms with E-state index in [1.165, 1.54) is 6.92 Å². The highest BCUT2D eigenvalue weighted by Gasteiger charge is 2.27. The highest BCUT2D eigenvalue weighted by atomic mass is 16.4. The number of hydrogen-bond acceptors (Lipinski definition) is 4. The Morgan fingerprint density at radius 2 is 1.73 bits per heavy atom. The van der Waals surface area contributed by atoms with Gasteiger partial charge in [0.15, 0.2) is 0 Å². The molecule has 0 aliphatic heterocycles. The molecule has 9 nitrogen and oxygen atoms in total. The Morgan fingerprint density at radius 1 is 1.14 bits per heavy atom. The van der Waals surface area contributed by atoms with Crippen molar-refractivity contribution in [3.63, 3.8) is 0 Å². The minimum absolute atomic E-state index is 0.131. The van der Waals surface area contributed by atoms with Crippen LogP contribution in [0.25, 0.3) is 0 Å². The first-order valence-corrected chi connectivity index (χ1v) is 6.98. The van der Waals surface area contributed by atoms with Gasteiger partial charge in [-0.15, -0.1) is 0 Å². The van der Waals surface area contributed by atoms with Crippen molar-refractivity contribution in [1.29, 1.82) is 0 Å². The summed E-state index contributed by atoms with van der Waals surface area (Å²) in [4.78, 5) is 44.9. The minimum Gasteiger partial charge on any atom is -0.480 e. The van der Waals surface area contributed by atoms with Crippen LogP contribution in [-0.4, -0.2) is 47.5 Å². The fraction of sp³-hybridized carbons (Fsp3) is 0.692. The van der Waals surface area contributed by atoms with Crippen LogP contribution in [0.15, 0.2) is 0 Å². The Hall–Kier alpha value is -2.32. The number of primary amides is 1. The first kappa shape index (κ1) is 19.7. The zero-order chi connectivity index (χ0) is 17.3. The molecule has 0 aliphatic carbocycles. The van der Waals surface area contributed by atoms with E-state index in [1.54, 1.807) is 13.8 Å². The van der Waals surface area contributed by atoms with E-state index >= 15 is 0 Å². The van der Waals surface area contributed by atoms with Crippen molar-refractivity contribution in [2.24, 2.45) is 11.7 Å². The van der Waals surface area contributed by atoms with Crippen LogP contribution in [-0.2, 0) is 14.4 Å². The smallest absolute Gasteiger partial charge is 0.326 e. The maximum atomic E-state index is 12.1. The van der Waals surface area contributed by atoms with E-state index in [-0.39, 0.29) is 24.8 Å². The van der Waals surface area contributed by atoms with Crippen molar-refractivity contribution in [2.45, 2.75) is 45.7 Å². The lowest BCUT2D eigenvalue weighted by Crippen LogP contribution is -2.53. The van der Waals surface area contributed by atoms with Gasteiger partial charge in [0.05, 0.1) is 0 Å². The second-order valence-corrected chi connectivity index (χ2v) is 5.25. The molecule has 0 heterocycles. The number of urea groups is 1. The number of carboxylic acids is 1. The van der Waals surface area contributed by atoms with Crippen molar-refractivity contribution >= 4 is 23.8 Å². The van der Waals surface area contributed by atoms with Gasteiger partial charge in [-0.1, -0.05) is 13.8 Å². The van der Waals surface area contributed by atoms with E-state index in [1.807, 2.05) is 0 Å². The normalized spacial score (nSPS) is 13.1. The second kappa shape index (κ2) is 9.59. The summed E-state index contributed by atoms with van der Waals surface area (Å²) in [6.45, 7) is 4.99. The molecule has 0 aromatic carbocycles. The van der Waals surface area contributed by atoms with Crippen LogP contribution in [0.2, 0.25) is 0 Å². The third-order valence-corrected chi connectivity index (χ3v) is 2.89. The van der Waals surface area contributed by atoms with Gasteiger partial charge in [0, 0.05) is 13.5 Å². The molecule has 9 heteroatoms. The SMILES string of the molecule is CC(=O)NC(C(=O)NC(CCCNC(N)=O)C(=O)O)C(C)C. The Labute approximate surface area is 129 Å². The van der Waals surface area contributed by atoms with E-state index in [0.29, 0.717) is 6.42 Å². The average molecular weight is 316 g/mol. The average Bonchev–Trinajstić information content (AvgIpc) is 2.38. The number of nitrogens with one attached hydrogen (secondary N) is 3. The summed E-state index contributed by atoms with van der Waals surface area (Å²) in [7, 11) is 0. The number of rotatable bonds is 9. The van der Waals surface area contributed by atoms with Gasteiger partial charge in [-0.25, -0.2) is 9.59 Å². The van der Waals surface area contributed by atoms with Crippen LogP contribution in [0.4, 0.5) is 4.79 Å². The number of carboxylic acid groups (broad SMARTS) is 1. The van der Waals surface area contributed by atoms with E-state index in [9.17, 15) is 19.2 Å². The van der Waals surface area contributed by atoms with Gasteiger partial charge >= 0.3 is 12.0 Å². The number of carbonyl (C=O) groups is 4. The van der Waals surface area contributed by atoms with Gasteiger partial charge in [0.25, 0.3) is 0 Å². The predicted molar refractivity (Wildman–Crippen MR) is 78.8 cm³/mol. The van der Waals surface area contributed by atoms with Crippen LogP contribution in [0.3, 0.4) is 0 Å². The fourth-order valence-electron chi connectivity index (χ4n) is 1.79. The standard InChI is InChI=1S/C13H24N4O5/c1-7(2)10(16-8(3)18)11(19)17-9(12(20)21)5-4-6-15-13(14)22/h7,9-10H,4-6H2,1-3H3,(H,16,18)(H,17,19)(H,20,21)(H3,14,15,22). The van der Waals surface area contributed by atoms with Gasteiger partial charge in [-0.05, 0) is 18.8 Å². The molecule has 0 spiro atoms. The first-order chi connectivity index (χ1) is 10.1.